The van der Waals surface area contributed by atoms with Crippen molar-refractivity contribution in [3.05, 3.63) is 84.3 Å². The molecule has 1 aliphatic heterocycles. The van der Waals surface area contributed by atoms with Gasteiger partial charge in [-0.15, -0.1) is 0 Å². The molecular weight excluding hydrogens is 355 g/mol. The lowest BCUT2D eigenvalue weighted by Gasteiger charge is -2.36. The van der Waals surface area contributed by atoms with Crippen LogP contribution >= 0.6 is 0 Å². The molecule has 0 saturated carbocycles. The number of hydrogen-bond donors (Lipinski definition) is 1. The Bertz CT molecular complexity index is 938. The van der Waals surface area contributed by atoms with E-state index in [1.807, 2.05) is 12.1 Å². The number of pyridine rings is 1. The average Bonchev–Trinajstić information content (AvgIpc) is 2.75. The zero-order chi connectivity index (χ0) is 19.3. The minimum atomic E-state index is -0.388. The van der Waals surface area contributed by atoms with Crippen LogP contribution < -0.4 is 15.1 Å². The van der Waals surface area contributed by atoms with Gasteiger partial charge in [0.15, 0.2) is 0 Å². The monoisotopic (exact) mass is 376 g/mol. The Hall–Kier alpha value is -3.41. The number of rotatable bonds is 4. The highest BCUT2D eigenvalue weighted by Crippen LogP contribution is 2.19. The van der Waals surface area contributed by atoms with Gasteiger partial charge in [0, 0.05) is 43.8 Å². The zero-order valence-electron chi connectivity index (χ0n) is 15.4. The van der Waals surface area contributed by atoms with Crippen molar-refractivity contribution >= 4 is 23.1 Å². The second-order valence-electron chi connectivity index (χ2n) is 6.68. The van der Waals surface area contributed by atoms with Crippen LogP contribution in [0.2, 0.25) is 0 Å². The molecule has 1 aliphatic rings. The largest absolute Gasteiger partial charge is 0.368 e. The van der Waals surface area contributed by atoms with Gasteiger partial charge in [0.05, 0.1) is 5.56 Å². The summed E-state index contributed by atoms with van der Waals surface area (Å²) in [5, 5.41) is 2.68. The number of nitrogens with one attached hydrogen (secondary N) is 1. The summed E-state index contributed by atoms with van der Waals surface area (Å²) in [6.07, 6.45) is 1.56. The number of nitrogens with zero attached hydrogens (tertiary/aromatic N) is 3. The maximum absolute atomic E-state index is 13.2. The van der Waals surface area contributed by atoms with E-state index < -0.39 is 0 Å². The molecule has 2 aromatic carbocycles. The van der Waals surface area contributed by atoms with Gasteiger partial charge in [0.1, 0.15) is 11.6 Å². The number of benzene rings is 2. The minimum Gasteiger partial charge on any atom is -0.368 e. The molecule has 1 amide bonds. The second kappa shape index (κ2) is 8.08. The van der Waals surface area contributed by atoms with E-state index in [2.05, 4.69) is 44.4 Å². The molecule has 1 saturated heterocycles. The van der Waals surface area contributed by atoms with E-state index in [0.29, 0.717) is 11.3 Å². The number of carbonyl (C=O) groups is 1. The number of para-hydroxylation sites is 1. The maximum atomic E-state index is 13.2. The van der Waals surface area contributed by atoms with Gasteiger partial charge in [0.2, 0.25) is 0 Å². The normalized spacial score (nSPS) is 14.0. The summed E-state index contributed by atoms with van der Waals surface area (Å²) in [7, 11) is 0. The average molecular weight is 376 g/mol. The van der Waals surface area contributed by atoms with Crippen molar-refractivity contribution in [3.8, 4) is 0 Å². The standard InChI is InChI=1S/C22H21FN4O/c23-18-5-4-6-19(15-18)25-22(28)17-9-10-21(24-16-17)27-13-11-26(12-14-27)20-7-2-1-3-8-20/h1-10,15-16H,11-14H2,(H,25,28). The Morgan fingerprint density at radius 3 is 2.32 bits per heavy atom. The van der Waals surface area contributed by atoms with Gasteiger partial charge in [-0.05, 0) is 42.5 Å². The van der Waals surface area contributed by atoms with Gasteiger partial charge in [-0.1, -0.05) is 24.3 Å². The molecule has 1 fully saturated rings. The van der Waals surface area contributed by atoms with Crippen molar-refractivity contribution in [2.45, 2.75) is 0 Å². The van der Waals surface area contributed by atoms with E-state index in [9.17, 15) is 9.18 Å². The number of aromatic nitrogens is 1. The molecule has 0 aliphatic carbocycles. The third-order valence-corrected chi connectivity index (χ3v) is 4.82. The highest BCUT2D eigenvalue weighted by Gasteiger charge is 2.18. The molecular formula is C22H21FN4O. The number of carbonyl (C=O) groups excluding carboxylic acids is 1. The Kier molecular flexibility index (Phi) is 5.19. The fourth-order valence-electron chi connectivity index (χ4n) is 3.31. The van der Waals surface area contributed by atoms with Gasteiger partial charge in [0.25, 0.3) is 5.91 Å². The van der Waals surface area contributed by atoms with Gasteiger partial charge >= 0.3 is 0 Å². The molecule has 1 N–H and O–H groups in total. The minimum absolute atomic E-state index is 0.307. The summed E-state index contributed by atoms with van der Waals surface area (Å²) < 4.78 is 13.2. The van der Waals surface area contributed by atoms with Crippen LogP contribution in [-0.2, 0) is 0 Å². The molecule has 142 valence electrons. The fraction of sp³-hybridized carbons (Fsp3) is 0.182. The van der Waals surface area contributed by atoms with Crippen molar-refractivity contribution in [3.63, 3.8) is 0 Å². The predicted molar refractivity (Wildman–Crippen MR) is 109 cm³/mol. The van der Waals surface area contributed by atoms with Crippen LogP contribution in [0.1, 0.15) is 10.4 Å². The summed E-state index contributed by atoms with van der Waals surface area (Å²) in [5.74, 6) is 0.162. The molecule has 1 aromatic heterocycles. The summed E-state index contributed by atoms with van der Waals surface area (Å²) in [6.45, 7) is 3.59. The van der Waals surface area contributed by atoms with E-state index in [-0.39, 0.29) is 11.7 Å². The van der Waals surface area contributed by atoms with E-state index in [4.69, 9.17) is 0 Å². The van der Waals surface area contributed by atoms with Crippen molar-refractivity contribution in [1.82, 2.24) is 4.98 Å². The molecule has 0 unspecified atom stereocenters. The van der Waals surface area contributed by atoms with Crippen molar-refractivity contribution in [2.24, 2.45) is 0 Å². The molecule has 2 heterocycles. The molecule has 0 spiro atoms. The van der Waals surface area contributed by atoms with Crippen molar-refractivity contribution in [1.29, 1.82) is 0 Å². The first-order chi connectivity index (χ1) is 13.7. The highest BCUT2D eigenvalue weighted by atomic mass is 19.1. The highest BCUT2D eigenvalue weighted by molar-refractivity contribution is 6.04. The quantitative estimate of drug-likeness (QED) is 0.753. The van der Waals surface area contributed by atoms with E-state index in [0.717, 1.165) is 32.0 Å². The molecule has 0 atom stereocenters. The van der Waals surface area contributed by atoms with Crippen LogP contribution in [0.25, 0.3) is 0 Å². The number of amides is 1. The fourth-order valence-corrected chi connectivity index (χ4v) is 3.31. The Morgan fingerprint density at radius 1 is 0.893 bits per heavy atom. The van der Waals surface area contributed by atoms with Crippen LogP contribution in [0, 0.1) is 5.82 Å². The maximum Gasteiger partial charge on any atom is 0.257 e. The lowest BCUT2D eigenvalue weighted by Crippen LogP contribution is -2.46. The van der Waals surface area contributed by atoms with Gasteiger partial charge < -0.3 is 15.1 Å². The van der Waals surface area contributed by atoms with Gasteiger partial charge in [-0.2, -0.15) is 0 Å². The molecule has 0 radical (unpaired) electrons. The molecule has 4 rings (SSSR count). The lowest BCUT2D eigenvalue weighted by atomic mass is 10.2. The third-order valence-electron chi connectivity index (χ3n) is 4.82. The number of hydrogen-bond acceptors (Lipinski definition) is 4. The smallest absolute Gasteiger partial charge is 0.257 e. The van der Waals surface area contributed by atoms with E-state index in [1.54, 1.807) is 24.4 Å². The SMILES string of the molecule is O=C(Nc1cccc(F)c1)c1ccc(N2CCN(c3ccccc3)CC2)nc1. The van der Waals surface area contributed by atoms with Crippen molar-refractivity contribution < 1.29 is 9.18 Å². The Balaban J connectivity index is 1.36. The first-order valence-corrected chi connectivity index (χ1v) is 9.27. The Labute approximate surface area is 163 Å². The summed E-state index contributed by atoms with van der Waals surface area (Å²) in [5.41, 5.74) is 2.10. The molecule has 5 nitrogen and oxygen atoms in total. The summed E-state index contributed by atoms with van der Waals surface area (Å²) in [4.78, 5) is 21.3. The topological polar surface area (TPSA) is 48.5 Å². The Morgan fingerprint density at radius 2 is 1.64 bits per heavy atom. The summed E-state index contributed by atoms with van der Waals surface area (Å²) in [6, 6.07) is 19.8. The molecule has 6 heteroatoms. The first kappa shape index (κ1) is 18.0. The third kappa shape index (κ3) is 4.11. The number of halogens is 1. The van der Waals surface area contributed by atoms with Crippen LogP contribution in [0.15, 0.2) is 72.9 Å². The number of anilines is 3. The zero-order valence-corrected chi connectivity index (χ0v) is 15.4. The van der Waals surface area contributed by atoms with Gasteiger partial charge in [-0.3, -0.25) is 4.79 Å². The van der Waals surface area contributed by atoms with Crippen LogP contribution in [0.4, 0.5) is 21.6 Å². The van der Waals surface area contributed by atoms with Crippen LogP contribution in [0.3, 0.4) is 0 Å². The lowest BCUT2D eigenvalue weighted by molar-refractivity contribution is 0.102. The second-order valence-corrected chi connectivity index (χ2v) is 6.68. The number of piperazine rings is 1. The van der Waals surface area contributed by atoms with Crippen LogP contribution in [0.5, 0.6) is 0 Å². The van der Waals surface area contributed by atoms with E-state index >= 15 is 0 Å². The van der Waals surface area contributed by atoms with Crippen LogP contribution in [-0.4, -0.2) is 37.1 Å². The van der Waals surface area contributed by atoms with Crippen molar-refractivity contribution in [2.75, 3.05) is 41.3 Å². The van der Waals surface area contributed by atoms with E-state index in [1.165, 1.54) is 17.8 Å². The molecule has 3 aromatic rings. The summed E-state index contributed by atoms with van der Waals surface area (Å²) >= 11 is 0. The molecule has 28 heavy (non-hydrogen) atoms. The molecule has 0 bridgehead atoms. The van der Waals surface area contributed by atoms with Gasteiger partial charge in [-0.25, -0.2) is 9.37 Å². The predicted octanol–water partition coefficient (Wildman–Crippen LogP) is 3.80. The first-order valence-electron chi connectivity index (χ1n) is 9.27.